The van der Waals surface area contributed by atoms with E-state index in [-0.39, 0.29) is 11.8 Å². The summed E-state index contributed by atoms with van der Waals surface area (Å²) >= 11 is 5.85. The second-order valence-corrected chi connectivity index (χ2v) is 7.47. The van der Waals surface area contributed by atoms with Crippen molar-refractivity contribution >= 4 is 35.3 Å². The zero-order valence-corrected chi connectivity index (χ0v) is 17.0. The van der Waals surface area contributed by atoms with Gasteiger partial charge in [0, 0.05) is 29.2 Å². The molecule has 0 saturated carbocycles. The first-order chi connectivity index (χ1) is 14.1. The summed E-state index contributed by atoms with van der Waals surface area (Å²) < 4.78 is 0. The van der Waals surface area contributed by atoms with E-state index in [2.05, 4.69) is 20.7 Å². The summed E-state index contributed by atoms with van der Waals surface area (Å²) in [6.45, 7) is 2.92. The lowest BCUT2D eigenvalue weighted by Crippen LogP contribution is -2.33. The molecule has 0 aliphatic carbocycles. The smallest absolute Gasteiger partial charge is 0.255 e. The van der Waals surface area contributed by atoms with Crippen LogP contribution in [0.5, 0.6) is 0 Å². The molecule has 1 aliphatic rings. The Morgan fingerprint density at radius 1 is 1.07 bits per heavy atom. The maximum Gasteiger partial charge on any atom is 0.255 e. The molecule has 1 aliphatic heterocycles. The van der Waals surface area contributed by atoms with Crippen LogP contribution in [-0.4, -0.2) is 42.6 Å². The lowest BCUT2D eigenvalue weighted by Gasteiger charge is -2.25. The number of rotatable bonds is 7. The number of piperidine rings is 1. The standard InChI is InChI=1S/C22H25ClN4O2/c23-19-9-7-18(8-10-19)22(29)25-20-6-4-5-17(15-20)16-24-26-21(28)11-14-27-12-2-1-3-13-27/h4-10,15-16H,1-3,11-14H2,(H,25,29)(H,26,28)/b24-16+. The predicted molar refractivity (Wildman–Crippen MR) is 116 cm³/mol. The maximum absolute atomic E-state index is 12.3. The van der Waals surface area contributed by atoms with Crippen LogP contribution in [0.4, 0.5) is 5.69 Å². The summed E-state index contributed by atoms with van der Waals surface area (Å²) in [5.74, 6) is -0.319. The van der Waals surface area contributed by atoms with Gasteiger partial charge in [-0.15, -0.1) is 0 Å². The number of likely N-dealkylation sites (tertiary alicyclic amines) is 1. The van der Waals surface area contributed by atoms with Crippen molar-refractivity contribution in [2.24, 2.45) is 5.10 Å². The monoisotopic (exact) mass is 412 g/mol. The fourth-order valence-corrected chi connectivity index (χ4v) is 3.30. The molecule has 29 heavy (non-hydrogen) atoms. The molecule has 0 atom stereocenters. The minimum Gasteiger partial charge on any atom is -0.322 e. The summed E-state index contributed by atoms with van der Waals surface area (Å²) in [6, 6.07) is 13.9. The van der Waals surface area contributed by atoms with Gasteiger partial charge in [-0.2, -0.15) is 5.10 Å². The minimum absolute atomic E-state index is 0.0981. The summed E-state index contributed by atoms with van der Waals surface area (Å²) in [5, 5.41) is 7.44. The number of carbonyl (C=O) groups excluding carboxylic acids is 2. The van der Waals surface area contributed by atoms with Crippen LogP contribution in [0.3, 0.4) is 0 Å². The maximum atomic E-state index is 12.3. The summed E-state index contributed by atoms with van der Waals surface area (Å²) in [5.41, 5.74) is 4.51. The molecule has 1 fully saturated rings. The molecule has 1 saturated heterocycles. The molecule has 2 N–H and O–H groups in total. The highest BCUT2D eigenvalue weighted by atomic mass is 35.5. The van der Waals surface area contributed by atoms with Crippen molar-refractivity contribution in [2.75, 3.05) is 25.0 Å². The van der Waals surface area contributed by atoms with E-state index in [1.54, 1.807) is 42.6 Å². The molecule has 2 aromatic rings. The van der Waals surface area contributed by atoms with E-state index in [0.29, 0.717) is 22.7 Å². The SMILES string of the molecule is O=C(CCN1CCCCC1)N/N=C/c1cccc(NC(=O)c2ccc(Cl)cc2)c1. The Kier molecular flexibility index (Phi) is 7.78. The highest BCUT2D eigenvalue weighted by Crippen LogP contribution is 2.14. The van der Waals surface area contributed by atoms with E-state index in [1.807, 2.05) is 12.1 Å². The van der Waals surface area contributed by atoms with Gasteiger partial charge in [0.2, 0.25) is 5.91 Å². The average Bonchev–Trinajstić information content (AvgIpc) is 2.74. The molecular weight excluding hydrogens is 388 g/mol. The number of anilines is 1. The number of hydrogen-bond acceptors (Lipinski definition) is 4. The summed E-state index contributed by atoms with van der Waals surface area (Å²) in [6.07, 6.45) is 5.72. The second-order valence-electron chi connectivity index (χ2n) is 7.03. The summed E-state index contributed by atoms with van der Waals surface area (Å²) in [4.78, 5) is 26.6. The normalized spacial score (nSPS) is 14.7. The van der Waals surface area contributed by atoms with Gasteiger partial charge in [0.25, 0.3) is 5.91 Å². The number of nitrogens with one attached hydrogen (secondary N) is 2. The lowest BCUT2D eigenvalue weighted by molar-refractivity contribution is -0.121. The van der Waals surface area contributed by atoms with Crippen molar-refractivity contribution in [3.05, 3.63) is 64.7 Å². The van der Waals surface area contributed by atoms with Gasteiger partial charge in [-0.1, -0.05) is 30.2 Å². The molecule has 6 nitrogen and oxygen atoms in total. The van der Waals surface area contributed by atoms with Gasteiger partial charge in [-0.05, 0) is 67.9 Å². The summed E-state index contributed by atoms with van der Waals surface area (Å²) in [7, 11) is 0. The van der Waals surface area contributed by atoms with Crippen LogP contribution in [0.1, 0.15) is 41.6 Å². The van der Waals surface area contributed by atoms with Gasteiger partial charge in [-0.25, -0.2) is 5.43 Å². The highest BCUT2D eigenvalue weighted by Gasteiger charge is 2.11. The number of carbonyl (C=O) groups is 2. The molecule has 0 unspecified atom stereocenters. The van der Waals surface area contributed by atoms with Gasteiger partial charge >= 0.3 is 0 Å². The van der Waals surface area contributed by atoms with E-state index < -0.39 is 0 Å². The van der Waals surface area contributed by atoms with Crippen molar-refractivity contribution in [2.45, 2.75) is 25.7 Å². The molecule has 2 aromatic carbocycles. The number of halogens is 1. The quantitative estimate of drug-likeness (QED) is 0.534. The number of nitrogens with zero attached hydrogens (tertiary/aromatic N) is 2. The zero-order valence-electron chi connectivity index (χ0n) is 16.2. The largest absolute Gasteiger partial charge is 0.322 e. The molecule has 152 valence electrons. The number of hydrazone groups is 1. The highest BCUT2D eigenvalue weighted by molar-refractivity contribution is 6.30. The van der Waals surface area contributed by atoms with Gasteiger partial charge < -0.3 is 10.2 Å². The fraction of sp³-hybridized carbons (Fsp3) is 0.318. The Hall–Kier alpha value is -2.70. The van der Waals surface area contributed by atoms with Gasteiger partial charge in [0.15, 0.2) is 0 Å². The first-order valence-corrected chi connectivity index (χ1v) is 10.2. The van der Waals surface area contributed by atoms with Crippen molar-refractivity contribution in [3.8, 4) is 0 Å². The van der Waals surface area contributed by atoms with E-state index in [9.17, 15) is 9.59 Å². The fourth-order valence-electron chi connectivity index (χ4n) is 3.18. The Morgan fingerprint density at radius 2 is 1.83 bits per heavy atom. The average molecular weight is 413 g/mol. The predicted octanol–water partition coefficient (Wildman–Crippen LogP) is 3.92. The molecular formula is C22H25ClN4O2. The van der Waals surface area contributed by atoms with Crippen LogP contribution < -0.4 is 10.7 Å². The molecule has 1 heterocycles. The van der Waals surface area contributed by atoms with Crippen molar-refractivity contribution in [3.63, 3.8) is 0 Å². The second kappa shape index (κ2) is 10.7. The first kappa shape index (κ1) is 21.0. The van der Waals surface area contributed by atoms with Gasteiger partial charge in [-0.3, -0.25) is 9.59 Å². The topological polar surface area (TPSA) is 73.8 Å². The van der Waals surface area contributed by atoms with E-state index in [1.165, 1.54) is 19.3 Å². The van der Waals surface area contributed by atoms with Crippen LogP contribution in [-0.2, 0) is 4.79 Å². The van der Waals surface area contributed by atoms with Gasteiger partial charge in [0.05, 0.1) is 6.21 Å². The Bertz CT molecular complexity index is 861. The molecule has 7 heteroatoms. The molecule has 2 amide bonds. The molecule has 0 spiro atoms. The Labute approximate surface area is 175 Å². The van der Waals surface area contributed by atoms with Crippen LogP contribution in [0.15, 0.2) is 53.6 Å². The van der Waals surface area contributed by atoms with Crippen LogP contribution in [0, 0.1) is 0 Å². The Morgan fingerprint density at radius 3 is 2.59 bits per heavy atom. The van der Waals surface area contributed by atoms with Crippen molar-refractivity contribution in [1.82, 2.24) is 10.3 Å². The number of benzene rings is 2. The third-order valence-electron chi connectivity index (χ3n) is 4.76. The van der Waals surface area contributed by atoms with E-state index in [0.717, 1.165) is 25.2 Å². The third kappa shape index (κ3) is 7.00. The van der Waals surface area contributed by atoms with Crippen LogP contribution >= 0.6 is 11.6 Å². The minimum atomic E-state index is -0.221. The first-order valence-electron chi connectivity index (χ1n) is 9.81. The van der Waals surface area contributed by atoms with Crippen molar-refractivity contribution in [1.29, 1.82) is 0 Å². The van der Waals surface area contributed by atoms with Crippen molar-refractivity contribution < 1.29 is 9.59 Å². The lowest BCUT2D eigenvalue weighted by atomic mass is 10.1. The van der Waals surface area contributed by atoms with E-state index in [4.69, 9.17) is 11.6 Å². The zero-order chi connectivity index (χ0) is 20.5. The molecule has 0 bridgehead atoms. The molecule has 0 aromatic heterocycles. The van der Waals surface area contributed by atoms with Crippen LogP contribution in [0.2, 0.25) is 5.02 Å². The van der Waals surface area contributed by atoms with Crippen LogP contribution in [0.25, 0.3) is 0 Å². The third-order valence-corrected chi connectivity index (χ3v) is 5.01. The molecule has 3 rings (SSSR count). The van der Waals surface area contributed by atoms with Gasteiger partial charge in [0.1, 0.15) is 0 Å². The number of amides is 2. The Balaban J connectivity index is 1.47. The molecule has 0 radical (unpaired) electrons. The van der Waals surface area contributed by atoms with E-state index >= 15 is 0 Å². The number of hydrogen-bond donors (Lipinski definition) is 2.